The molecule has 0 aromatic heterocycles. The van der Waals surface area contributed by atoms with Crippen molar-refractivity contribution in [2.24, 2.45) is 5.41 Å². The van der Waals surface area contributed by atoms with Crippen LogP contribution in [-0.2, 0) is 4.74 Å². The summed E-state index contributed by atoms with van der Waals surface area (Å²) in [5.74, 6) is 0. The third kappa shape index (κ3) is 4.97. The van der Waals surface area contributed by atoms with Crippen molar-refractivity contribution in [3.8, 4) is 0 Å². The summed E-state index contributed by atoms with van der Waals surface area (Å²) >= 11 is 0. The second-order valence-electron chi connectivity index (χ2n) is 8.53. The zero-order valence-corrected chi connectivity index (χ0v) is 15.9. The molecule has 0 aliphatic carbocycles. The summed E-state index contributed by atoms with van der Waals surface area (Å²) in [4.78, 5) is 14.2. The zero-order chi connectivity index (χ0) is 18.0. The Morgan fingerprint density at radius 2 is 1.92 bits per heavy atom. The second-order valence-corrected chi connectivity index (χ2v) is 8.53. The molecule has 1 aromatic rings. The standard InChI is InChI=1S/C20H32N2O2/c1-15(16-10-8-7-9-11-16)21-17-12-13-22(14-20(17,5)6)18(23)24-19(2,3)4/h7-11,15,17,21H,12-14H2,1-6H3/t15-,17?/m1/s1. The fraction of sp³-hybridized carbons (Fsp3) is 0.650. The minimum atomic E-state index is -0.446. The Kier molecular flexibility index (Phi) is 5.59. The highest BCUT2D eigenvalue weighted by Gasteiger charge is 2.39. The quantitative estimate of drug-likeness (QED) is 0.893. The fourth-order valence-electron chi connectivity index (χ4n) is 3.29. The van der Waals surface area contributed by atoms with Crippen LogP contribution in [0.1, 0.15) is 59.6 Å². The first-order chi connectivity index (χ1) is 11.1. The van der Waals surface area contributed by atoms with Crippen molar-refractivity contribution < 1.29 is 9.53 Å². The Balaban J connectivity index is 1.97. The lowest BCUT2D eigenvalue weighted by Gasteiger charge is -2.45. The molecule has 134 valence electrons. The molecule has 1 aliphatic heterocycles. The number of rotatable bonds is 3. The number of likely N-dealkylation sites (tertiary alicyclic amines) is 1. The SMILES string of the molecule is C[C@@H](NC1CCN(C(=O)OC(C)(C)C)CC1(C)C)c1ccccc1. The van der Waals surface area contributed by atoms with E-state index >= 15 is 0 Å². The Morgan fingerprint density at radius 3 is 2.46 bits per heavy atom. The molecule has 0 saturated carbocycles. The van der Waals surface area contributed by atoms with Crippen LogP contribution in [0.2, 0.25) is 0 Å². The van der Waals surface area contributed by atoms with Gasteiger partial charge in [-0.2, -0.15) is 0 Å². The van der Waals surface area contributed by atoms with Crippen molar-refractivity contribution in [1.82, 2.24) is 10.2 Å². The van der Waals surface area contributed by atoms with Gasteiger partial charge in [0.05, 0.1) is 0 Å². The molecule has 1 aromatic carbocycles. The number of ether oxygens (including phenoxy) is 1. The van der Waals surface area contributed by atoms with Gasteiger partial charge in [0.2, 0.25) is 0 Å². The third-order valence-electron chi connectivity index (χ3n) is 4.63. The number of hydrogen-bond donors (Lipinski definition) is 1. The first-order valence-electron chi connectivity index (χ1n) is 8.87. The van der Waals surface area contributed by atoms with Crippen molar-refractivity contribution in [3.63, 3.8) is 0 Å². The van der Waals surface area contributed by atoms with Gasteiger partial charge in [0.1, 0.15) is 5.60 Å². The Hall–Kier alpha value is -1.55. The molecule has 1 N–H and O–H groups in total. The highest BCUT2D eigenvalue weighted by Crippen LogP contribution is 2.32. The van der Waals surface area contributed by atoms with Crippen molar-refractivity contribution in [2.75, 3.05) is 13.1 Å². The Labute approximate surface area is 146 Å². The van der Waals surface area contributed by atoms with Crippen molar-refractivity contribution >= 4 is 6.09 Å². The Morgan fingerprint density at radius 1 is 1.29 bits per heavy atom. The molecule has 24 heavy (non-hydrogen) atoms. The molecular formula is C20H32N2O2. The predicted molar refractivity (Wildman–Crippen MR) is 98.0 cm³/mol. The highest BCUT2D eigenvalue weighted by molar-refractivity contribution is 5.68. The van der Waals surface area contributed by atoms with Crippen LogP contribution in [0.4, 0.5) is 4.79 Å². The highest BCUT2D eigenvalue weighted by atomic mass is 16.6. The molecule has 0 radical (unpaired) electrons. The molecule has 4 nitrogen and oxygen atoms in total. The predicted octanol–water partition coefficient (Wildman–Crippen LogP) is 4.37. The maximum absolute atomic E-state index is 12.3. The number of benzene rings is 1. The van der Waals surface area contributed by atoms with Crippen LogP contribution in [-0.4, -0.2) is 35.7 Å². The van der Waals surface area contributed by atoms with E-state index in [1.54, 1.807) is 0 Å². The summed E-state index contributed by atoms with van der Waals surface area (Å²) in [6, 6.07) is 11.2. The van der Waals surface area contributed by atoms with Crippen LogP contribution in [0.25, 0.3) is 0 Å². The second kappa shape index (κ2) is 7.14. The van der Waals surface area contributed by atoms with Crippen molar-refractivity contribution in [2.45, 2.75) is 65.6 Å². The van der Waals surface area contributed by atoms with Crippen molar-refractivity contribution in [1.29, 1.82) is 0 Å². The molecule has 1 amide bonds. The van der Waals surface area contributed by atoms with Crippen LogP contribution in [0, 0.1) is 5.41 Å². The number of nitrogens with zero attached hydrogens (tertiary/aromatic N) is 1. The molecule has 0 bridgehead atoms. The molecule has 1 unspecified atom stereocenters. The lowest BCUT2D eigenvalue weighted by atomic mass is 9.78. The lowest BCUT2D eigenvalue weighted by molar-refractivity contribution is 0.00132. The van der Waals surface area contributed by atoms with Gasteiger partial charge in [-0.15, -0.1) is 0 Å². The van der Waals surface area contributed by atoms with Gasteiger partial charge >= 0.3 is 6.09 Å². The number of carbonyl (C=O) groups excluding carboxylic acids is 1. The normalized spacial score (nSPS) is 22.1. The monoisotopic (exact) mass is 332 g/mol. The van der Waals surface area contributed by atoms with Gasteiger partial charge in [-0.05, 0) is 45.1 Å². The van der Waals surface area contributed by atoms with Crippen molar-refractivity contribution in [3.05, 3.63) is 35.9 Å². The number of piperidine rings is 1. The maximum atomic E-state index is 12.3. The maximum Gasteiger partial charge on any atom is 0.410 e. The summed E-state index contributed by atoms with van der Waals surface area (Å²) in [7, 11) is 0. The molecule has 1 saturated heterocycles. The minimum Gasteiger partial charge on any atom is -0.444 e. The minimum absolute atomic E-state index is 0.00179. The number of hydrogen-bond acceptors (Lipinski definition) is 3. The molecule has 1 fully saturated rings. The molecule has 4 heteroatoms. The van der Waals surface area contributed by atoms with Gasteiger partial charge in [-0.1, -0.05) is 44.2 Å². The first-order valence-corrected chi connectivity index (χ1v) is 8.87. The molecule has 0 spiro atoms. The summed E-state index contributed by atoms with van der Waals surface area (Å²) in [6.45, 7) is 13.8. The molecule has 1 heterocycles. The van der Waals surface area contributed by atoms with E-state index in [4.69, 9.17) is 4.74 Å². The molecular weight excluding hydrogens is 300 g/mol. The van der Waals surface area contributed by atoms with E-state index in [0.717, 1.165) is 13.0 Å². The van der Waals surface area contributed by atoms with Gasteiger partial charge in [0, 0.05) is 25.2 Å². The summed E-state index contributed by atoms with van der Waals surface area (Å²) in [5.41, 5.74) is 0.846. The van der Waals surface area contributed by atoms with Crippen LogP contribution in [0.5, 0.6) is 0 Å². The smallest absolute Gasteiger partial charge is 0.410 e. The molecule has 2 rings (SSSR count). The zero-order valence-electron chi connectivity index (χ0n) is 15.9. The summed E-state index contributed by atoms with van der Waals surface area (Å²) in [5, 5.41) is 3.75. The topological polar surface area (TPSA) is 41.6 Å². The van der Waals surface area contributed by atoms with E-state index in [-0.39, 0.29) is 11.5 Å². The van der Waals surface area contributed by atoms with E-state index in [1.807, 2.05) is 31.7 Å². The summed E-state index contributed by atoms with van der Waals surface area (Å²) in [6.07, 6.45) is 0.730. The number of nitrogens with one attached hydrogen (secondary N) is 1. The van der Waals surface area contributed by atoms with Crippen LogP contribution in [0.3, 0.4) is 0 Å². The molecule has 2 atom stereocenters. The van der Waals surface area contributed by atoms with Gasteiger partial charge in [0.25, 0.3) is 0 Å². The van der Waals surface area contributed by atoms with Gasteiger partial charge in [0.15, 0.2) is 0 Å². The van der Waals surface area contributed by atoms with Crippen LogP contribution >= 0.6 is 0 Å². The Bertz CT molecular complexity index is 549. The number of amides is 1. The van der Waals surface area contributed by atoms with E-state index in [0.29, 0.717) is 18.6 Å². The van der Waals surface area contributed by atoms with Gasteiger partial charge in [-0.25, -0.2) is 4.79 Å². The molecule has 1 aliphatic rings. The van der Waals surface area contributed by atoms with Crippen LogP contribution < -0.4 is 5.32 Å². The first kappa shape index (κ1) is 18.8. The van der Waals surface area contributed by atoms with Crippen LogP contribution in [0.15, 0.2) is 30.3 Å². The third-order valence-corrected chi connectivity index (χ3v) is 4.63. The van der Waals surface area contributed by atoms with E-state index in [1.165, 1.54) is 5.56 Å². The lowest BCUT2D eigenvalue weighted by Crippen LogP contribution is -2.56. The van der Waals surface area contributed by atoms with E-state index < -0.39 is 5.60 Å². The fourth-order valence-corrected chi connectivity index (χ4v) is 3.29. The average Bonchev–Trinajstić information content (AvgIpc) is 2.48. The average molecular weight is 332 g/mol. The van der Waals surface area contributed by atoms with E-state index in [2.05, 4.69) is 50.4 Å². The van der Waals surface area contributed by atoms with Gasteiger partial charge in [-0.3, -0.25) is 0 Å². The van der Waals surface area contributed by atoms with E-state index in [9.17, 15) is 4.79 Å². The summed E-state index contributed by atoms with van der Waals surface area (Å²) < 4.78 is 5.52. The largest absolute Gasteiger partial charge is 0.444 e. The van der Waals surface area contributed by atoms with Gasteiger partial charge < -0.3 is 15.0 Å². The number of carbonyl (C=O) groups is 1.